The van der Waals surface area contributed by atoms with Crippen LogP contribution < -0.4 is 10.2 Å². The van der Waals surface area contributed by atoms with E-state index in [9.17, 15) is 0 Å². The summed E-state index contributed by atoms with van der Waals surface area (Å²) in [6, 6.07) is 8.84. The fourth-order valence-electron chi connectivity index (χ4n) is 2.57. The van der Waals surface area contributed by atoms with Crippen molar-refractivity contribution < 1.29 is 9.47 Å². The van der Waals surface area contributed by atoms with Gasteiger partial charge in [-0.05, 0) is 31.2 Å². The average Bonchev–Trinajstić information content (AvgIpc) is 3.02. The van der Waals surface area contributed by atoms with E-state index in [0.717, 1.165) is 42.8 Å². The quantitative estimate of drug-likeness (QED) is 0.876. The number of rotatable bonds is 6. The average molecular weight is 334 g/mol. The maximum atomic E-state index is 5.49. The molecule has 0 spiro atoms. The van der Waals surface area contributed by atoms with E-state index in [2.05, 4.69) is 50.8 Å². The van der Waals surface area contributed by atoms with E-state index in [1.165, 1.54) is 17.2 Å². The number of nitrogens with one attached hydrogen (secondary N) is 1. The number of hydrogen-bond donors (Lipinski definition) is 1. The van der Waals surface area contributed by atoms with Gasteiger partial charge in [0, 0.05) is 49.0 Å². The summed E-state index contributed by atoms with van der Waals surface area (Å²) in [4.78, 5) is 6.83. The Hall–Kier alpha value is -1.70. The van der Waals surface area contributed by atoms with Gasteiger partial charge in [-0.2, -0.15) is 4.37 Å². The molecular formula is C16H22N4O2S. The normalized spacial score (nSPS) is 18.2. The van der Waals surface area contributed by atoms with Crippen LogP contribution in [0.1, 0.15) is 12.7 Å². The van der Waals surface area contributed by atoms with Crippen molar-refractivity contribution in [2.75, 3.05) is 43.7 Å². The molecule has 1 atom stereocenters. The van der Waals surface area contributed by atoms with E-state index >= 15 is 0 Å². The Labute approximate surface area is 140 Å². The number of ether oxygens (including phenoxy) is 2. The molecule has 1 aliphatic heterocycles. The van der Waals surface area contributed by atoms with Crippen molar-refractivity contribution in [3.05, 3.63) is 30.1 Å². The molecule has 1 saturated heterocycles. The smallest absolute Gasteiger partial charge is 0.207 e. The maximum Gasteiger partial charge on any atom is 0.207 e. The molecule has 2 heterocycles. The molecule has 0 bridgehead atoms. The summed E-state index contributed by atoms with van der Waals surface area (Å²) in [5.74, 6) is 0.818. The number of aromatic nitrogens is 2. The first-order valence-corrected chi connectivity index (χ1v) is 8.56. The molecule has 0 saturated carbocycles. The summed E-state index contributed by atoms with van der Waals surface area (Å²) in [5, 5.41) is 4.11. The Balaban J connectivity index is 1.62. The second-order valence-corrected chi connectivity index (χ2v) is 6.30. The molecule has 1 fully saturated rings. The van der Waals surface area contributed by atoms with Gasteiger partial charge in [-0.15, -0.1) is 0 Å². The fraction of sp³-hybridized carbons (Fsp3) is 0.500. The third-order valence-electron chi connectivity index (χ3n) is 3.82. The lowest BCUT2D eigenvalue weighted by Crippen LogP contribution is -2.43. The van der Waals surface area contributed by atoms with E-state index in [1.807, 2.05) is 0 Å². The van der Waals surface area contributed by atoms with Gasteiger partial charge in [0.1, 0.15) is 5.82 Å². The van der Waals surface area contributed by atoms with Gasteiger partial charge >= 0.3 is 0 Å². The van der Waals surface area contributed by atoms with Crippen LogP contribution in [-0.4, -0.2) is 48.9 Å². The van der Waals surface area contributed by atoms with Crippen LogP contribution in [0.4, 0.5) is 16.5 Å². The highest BCUT2D eigenvalue weighted by Crippen LogP contribution is 2.24. The van der Waals surface area contributed by atoms with Crippen LogP contribution in [-0.2, 0) is 15.9 Å². The third kappa shape index (κ3) is 4.19. The lowest BCUT2D eigenvalue weighted by molar-refractivity contribution is 0.0989. The summed E-state index contributed by atoms with van der Waals surface area (Å²) in [6.45, 7) is 5.35. The highest BCUT2D eigenvalue weighted by molar-refractivity contribution is 7.09. The molecule has 3 rings (SSSR count). The first-order chi connectivity index (χ1) is 11.3. The molecule has 1 aromatic heterocycles. The van der Waals surface area contributed by atoms with Crippen molar-refractivity contribution in [3.8, 4) is 0 Å². The maximum absolute atomic E-state index is 5.49. The number of hydrogen-bond acceptors (Lipinski definition) is 7. The lowest BCUT2D eigenvalue weighted by Gasteiger charge is -2.35. The van der Waals surface area contributed by atoms with Crippen LogP contribution in [0.25, 0.3) is 0 Å². The van der Waals surface area contributed by atoms with Gasteiger partial charge in [-0.3, -0.25) is 0 Å². The van der Waals surface area contributed by atoms with Gasteiger partial charge < -0.3 is 19.7 Å². The molecule has 1 aromatic carbocycles. The van der Waals surface area contributed by atoms with Crippen LogP contribution in [0.15, 0.2) is 24.3 Å². The van der Waals surface area contributed by atoms with Crippen LogP contribution >= 0.6 is 11.5 Å². The molecule has 1 aliphatic rings. The minimum atomic E-state index is 0.411. The van der Waals surface area contributed by atoms with E-state index in [-0.39, 0.29) is 0 Å². The van der Waals surface area contributed by atoms with E-state index in [1.54, 1.807) is 7.11 Å². The summed E-state index contributed by atoms with van der Waals surface area (Å²) < 4.78 is 14.8. The zero-order chi connectivity index (χ0) is 16.1. The van der Waals surface area contributed by atoms with Crippen molar-refractivity contribution in [2.45, 2.75) is 19.4 Å². The van der Waals surface area contributed by atoms with Crippen LogP contribution in [0.2, 0.25) is 0 Å². The third-order valence-corrected chi connectivity index (χ3v) is 4.48. The van der Waals surface area contributed by atoms with Gasteiger partial charge in [0.05, 0.1) is 19.8 Å². The molecule has 1 N–H and O–H groups in total. The summed E-state index contributed by atoms with van der Waals surface area (Å²) in [7, 11) is 1.68. The van der Waals surface area contributed by atoms with E-state index in [0.29, 0.717) is 12.6 Å². The van der Waals surface area contributed by atoms with Crippen molar-refractivity contribution in [1.29, 1.82) is 0 Å². The van der Waals surface area contributed by atoms with Crippen molar-refractivity contribution in [3.63, 3.8) is 0 Å². The van der Waals surface area contributed by atoms with Crippen LogP contribution in [0, 0.1) is 0 Å². The van der Waals surface area contributed by atoms with Crippen LogP contribution in [0.5, 0.6) is 0 Å². The molecule has 2 aromatic rings. The Morgan fingerprint density at radius 3 is 2.96 bits per heavy atom. The predicted molar refractivity (Wildman–Crippen MR) is 92.8 cm³/mol. The molecular weight excluding hydrogens is 312 g/mol. The number of benzene rings is 1. The molecule has 7 heteroatoms. The summed E-state index contributed by atoms with van der Waals surface area (Å²) >= 11 is 1.37. The predicted octanol–water partition coefficient (Wildman–Crippen LogP) is 2.70. The van der Waals surface area contributed by atoms with Gasteiger partial charge in [0.15, 0.2) is 0 Å². The molecule has 0 amide bonds. The van der Waals surface area contributed by atoms with Gasteiger partial charge in [-0.1, -0.05) is 0 Å². The summed E-state index contributed by atoms with van der Waals surface area (Å²) in [5.41, 5.74) is 2.24. The number of nitrogens with zero attached hydrogens (tertiary/aromatic N) is 3. The molecule has 0 radical (unpaired) electrons. The Morgan fingerprint density at radius 1 is 1.39 bits per heavy atom. The molecule has 23 heavy (non-hydrogen) atoms. The number of anilines is 3. The minimum Gasteiger partial charge on any atom is -0.384 e. The van der Waals surface area contributed by atoms with Crippen molar-refractivity contribution in [2.24, 2.45) is 0 Å². The monoisotopic (exact) mass is 334 g/mol. The fourth-order valence-corrected chi connectivity index (χ4v) is 3.20. The Morgan fingerprint density at radius 2 is 2.22 bits per heavy atom. The van der Waals surface area contributed by atoms with Crippen molar-refractivity contribution in [1.82, 2.24) is 9.36 Å². The van der Waals surface area contributed by atoms with Gasteiger partial charge in [0.25, 0.3) is 0 Å². The topological polar surface area (TPSA) is 59.5 Å². The number of morpholine rings is 1. The highest BCUT2D eigenvalue weighted by atomic mass is 32.1. The van der Waals surface area contributed by atoms with E-state index in [4.69, 9.17) is 9.47 Å². The molecule has 124 valence electrons. The van der Waals surface area contributed by atoms with E-state index < -0.39 is 0 Å². The second kappa shape index (κ2) is 7.72. The lowest BCUT2D eigenvalue weighted by atomic mass is 10.2. The first-order valence-electron chi connectivity index (χ1n) is 7.79. The second-order valence-electron chi connectivity index (χ2n) is 5.55. The highest BCUT2D eigenvalue weighted by Gasteiger charge is 2.18. The standard InChI is InChI=1S/C16H22N4O2S/c1-12-11-22-10-8-20(12)14-5-3-13(4-6-14)17-16-18-15(19-23-16)7-9-21-2/h3-6,12H,7-11H2,1-2H3,(H,17,18,19). The SMILES string of the molecule is COCCc1nsc(Nc2ccc(N3CCOCC3C)cc2)n1. The van der Waals surface area contributed by atoms with Crippen LogP contribution in [0.3, 0.4) is 0 Å². The molecule has 0 aliphatic carbocycles. The largest absolute Gasteiger partial charge is 0.384 e. The van der Waals surface area contributed by atoms with Crippen molar-refractivity contribution >= 4 is 28.0 Å². The molecule has 1 unspecified atom stereocenters. The first kappa shape index (κ1) is 16.2. The Kier molecular flexibility index (Phi) is 5.43. The zero-order valence-electron chi connectivity index (χ0n) is 13.5. The van der Waals surface area contributed by atoms with Gasteiger partial charge in [-0.25, -0.2) is 4.98 Å². The Bertz CT molecular complexity index is 617. The number of methoxy groups -OCH3 is 1. The zero-order valence-corrected chi connectivity index (χ0v) is 14.3. The summed E-state index contributed by atoms with van der Waals surface area (Å²) in [6.07, 6.45) is 0.739. The molecule has 6 nitrogen and oxygen atoms in total. The minimum absolute atomic E-state index is 0.411. The van der Waals surface area contributed by atoms with Gasteiger partial charge in [0.2, 0.25) is 5.13 Å².